The largest absolute Gasteiger partial charge is 0.477 e. The highest BCUT2D eigenvalue weighted by atomic mass is 19.1. The summed E-state index contributed by atoms with van der Waals surface area (Å²) in [6.45, 7) is 0.975. The van der Waals surface area contributed by atoms with Crippen LogP contribution in [0.5, 0.6) is 0 Å². The first-order chi connectivity index (χ1) is 9.99. The number of carbonyl (C=O) groups is 1. The number of nitrogens with zero attached hydrogens (tertiary/aromatic N) is 1. The molecule has 0 radical (unpaired) electrons. The number of halogens is 1. The van der Waals surface area contributed by atoms with Gasteiger partial charge in [-0.1, -0.05) is 0 Å². The number of nitro benzene ring substituents is 1. The van der Waals surface area contributed by atoms with E-state index in [0.29, 0.717) is 19.2 Å². The Labute approximate surface area is 119 Å². The molecule has 2 rings (SSSR count). The normalized spacial score (nSPS) is 18.2. The molecule has 0 aromatic heterocycles. The van der Waals surface area contributed by atoms with Crippen molar-refractivity contribution in [1.82, 2.24) is 0 Å². The second-order valence-electron chi connectivity index (χ2n) is 4.78. The third-order valence-corrected chi connectivity index (χ3v) is 3.31. The Hall–Kier alpha value is -2.22. The zero-order valence-electron chi connectivity index (χ0n) is 11.2. The van der Waals surface area contributed by atoms with Gasteiger partial charge in [-0.3, -0.25) is 10.1 Å². The molecule has 7 nitrogen and oxygen atoms in total. The Balaban J connectivity index is 2.17. The second kappa shape index (κ2) is 6.49. The SMILES string of the molecule is O=C(O)c1cc(NCC2CCCCO2)c(F)cc1[N+](=O)[O-]. The Morgan fingerprint density at radius 2 is 2.29 bits per heavy atom. The number of carboxylic acids is 1. The van der Waals surface area contributed by atoms with E-state index in [2.05, 4.69) is 5.32 Å². The van der Waals surface area contributed by atoms with E-state index < -0.39 is 28.0 Å². The zero-order valence-corrected chi connectivity index (χ0v) is 11.2. The number of benzene rings is 1. The minimum Gasteiger partial charge on any atom is -0.477 e. The number of rotatable bonds is 5. The van der Waals surface area contributed by atoms with Gasteiger partial charge in [-0.2, -0.15) is 0 Å². The van der Waals surface area contributed by atoms with Gasteiger partial charge in [0, 0.05) is 13.2 Å². The Morgan fingerprint density at radius 1 is 1.52 bits per heavy atom. The first-order valence-electron chi connectivity index (χ1n) is 6.55. The topological polar surface area (TPSA) is 102 Å². The number of hydrogen-bond donors (Lipinski definition) is 2. The molecule has 2 N–H and O–H groups in total. The summed E-state index contributed by atoms with van der Waals surface area (Å²) in [5.74, 6) is -2.33. The van der Waals surface area contributed by atoms with Crippen LogP contribution in [0.4, 0.5) is 15.8 Å². The maximum atomic E-state index is 13.8. The van der Waals surface area contributed by atoms with Crippen LogP contribution in [0.1, 0.15) is 29.6 Å². The highest BCUT2D eigenvalue weighted by molar-refractivity contribution is 5.93. The van der Waals surface area contributed by atoms with Gasteiger partial charge in [-0.25, -0.2) is 9.18 Å². The van der Waals surface area contributed by atoms with E-state index in [-0.39, 0.29) is 11.8 Å². The lowest BCUT2D eigenvalue weighted by molar-refractivity contribution is -0.385. The molecule has 0 aliphatic carbocycles. The van der Waals surface area contributed by atoms with Gasteiger partial charge in [-0.15, -0.1) is 0 Å². The van der Waals surface area contributed by atoms with Crippen LogP contribution in [0.15, 0.2) is 12.1 Å². The molecular weight excluding hydrogens is 283 g/mol. The van der Waals surface area contributed by atoms with Crippen molar-refractivity contribution < 1.29 is 24.0 Å². The number of ether oxygens (including phenoxy) is 1. The average Bonchev–Trinajstić information content (AvgIpc) is 2.46. The molecule has 8 heteroatoms. The molecular formula is C13H15FN2O5. The Kier molecular flexibility index (Phi) is 4.69. The van der Waals surface area contributed by atoms with E-state index >= 15 is 0 Å². The van der Waals surface area contributed by atoms with Gasteiger partial charge in [0.15, 0.2) is 5.82 Å². The maximum Gasteiger partial charge on any atom is 0.342 e. The van der Waals surface area contributed by atoms with Crippen LogP contribution in [-0.4, -0.2) is 35.3 Å². The van der Waals surface area contributed by atoms with Gasteiger partial charge in [0.1, 0.15) is 5.56 Å². The second-order valence-corrected chi connectivity index (χ2v) is 4.78. The van der Waals surface area contributed by atoms with Crippen molar-refractivity contribution in [3.8, 4) is 0 Å². The molecule has 0 amide bonds. The third kappa shape index (κ3) is 3.66. The van der Waals surface area contributed by atoms with Crippen LogP contribution in [0.25, 0.3) is 0 Å². The van der Waals surface area contributed by atoms with Crippen molar-refractivity contribution in [2.45, 2.75) is 25.4 Å². The number of nitrogens with one attached hydrogen (secondary N) is 1. The van der Waals surface area contributed by atoms with Gasteiger partial charge in [-0.05, 0) is 25.3 Å². The molecule has 1 aromatic rings. The summed E-state index contributed by atoms with van der Waals surface area (Å²) in [6.07, 6.45) is 2.79. The van der Waals surface area contributed by atoms with Gasteiger partial charge < -0.3 is 15.2 Å². The highest BCUT2D eigenvalue weighted by Crippen LogP contribution is 2.26. The minimum atomic E-state index is -1.47. The standard InChI is InChI=1S/C13H15FN2O5/c14-10-6-12(16(19)20)9(13(17)18)5-11(10)15-7-8-3-1-2-4-21-8/h5-6,8,15H,1-4,7H2,(H,17,18). The quantitative estimate of drug-likeness (QED) is 0.639. The lowest BCUT2D eigenvalue weighted by Crippen LogP contribution is -2.27. The minimum absolute atomic E-state index is 0.0679. The predicted molar refractivity (Wildman–Crippen MR) is 72.1 cm³/mol. The van der Waals surface area contributed by atoms with Gasteiger partial charge in [0.05, 0.1) is 22.8 Å². The Morgan fingerprint density at radius 3 is 2.86 bits per heavy atom. The molecule has 1 atom stereocenters. The van der Waals surface area contributed by atoms with Crippen molar-refractivity contribution in [2.24, 2.45) is 0 Å². The number of aromatic carboxylic acids is 1. The molecule has 114 valence electrons. The maximum absolute atomic E-state index is 13.8. The number of nitro groups is 1. The summed E-state index contributed by atoms with van der Waals surface area (Å²) in [7, 11) is 0. The fourth-order valence-electron chi connectivity index (χ4n) is 2.21. The molecule has 1 aliphatic rings. The van der Waals surface area contributed by atoms with Crippen molar-refractivity contribution in [1.29, 1.82) is 0 Å². The molecule has 0 spiro atoms. The molecule has 1 fully saturated rings. The predicted octanol–water partition coefficient (Wildman–Crippen LogP) is 2.41. The van der Waals surface area contributed by atoms with Crippen molar-refractivity contribution in [3.05, 3.63) is 33.6 Å². The monoisotopic (exact) mass is 298 g/mol. The fraction of sp³-hybridized carbons (Fsp3) is 0.462. The molecule has 1 saturated heterocycles. The van der Waals surface area contributed by atoms with Crippen LogP contribution in [0.3, 0.4) is 0 Å². The lowest BCUT2D eigenvalue weighted by atomic mass is 10.1. The lowest BCUT2D eigenvalue weighted by Gasteiger charge is -2.23. The van der Waals surface area contributed by atoms with E-state index in [1.165, 1.54) is 0 Å². The summed E-state index contributed by atoms with van der Waals surface area (Å²) in [5, 5.41) is 22.5. The van der Waals surface area contributed by atoms with Crippen molar-refractivity contribution in [2.75, 3.05) is 18.5 Å². The average molecular weight is 298 g/mol. The number of carboxylic acid groups (broad SMARTS) is 1. The summed E-state index contributed by atoms with van der Waals surface area (Å²) in [5.41, 5.74) is -1.39. The molecule has 1 heterocycles. The molecule has 0 bridgehead atoms. The van der Waals surface area contributed by atoms with Crippen molar-refractivity contribution >= 4 is 17.3 Å². The summed E-state index contributed by atoms with van der Waals surface area (Å²) in [4.78, 5) is 20.8. The first kappa shape index (κ1) is 15.2. The first-order valence-corrected chi connectivity index (χ1v) is 6.55. The third-order valence-electron chi connectivity index (χ3n) is 3.31. The van der Waals surface area contributed by atoms with Crippen LogP contribution < -0.4 is 5.32 Å². The van der Waals surface area contributed by atoms with E-state index in [4.69, 9.17) is 9.84 Å². The number of hydrogen-bond acceptors (Lipinski definition) is 5. The number of anilines is 1. The smallest absolute Gasteiger partial charge is 0.342 e. The molecule has 1 aliphatic heterocycles. The highest BCUT2D eigenvalue weighted by Gasteiger charge is 2.23. The summed E-state index contributed by atoms with van der Waals surface area (Å²) in [6, 6.07) is 1.56. The van der Waals surface area contributed by atoms with E-state index in [1.54, 1.807) is 0 Å². The van der Waals surface area contributed by atoms with Gasteiger partial charge in [0.2, 0.25) is 0 Å². The molecule has 1 aromatic carbocycles. The molecule has 21 heavy (non-hydrogen) atoms. The van der Waals surface area contributed by atoms with Crippen molar-refractivity contribution in [3.63, 3.8) is 0 Å². The van der Waals surface area contributed by atoms with Crippen LogP contribution in [0.2, 0.25) is 0 Å². The van der Waals surface area contributed by atoms with Crippen LogP contribution in [-0.2, 0) is 4.74 Å². The van der Waals surface area contributed by atoms with Gasteiger partial charge >= 0.3 is 5.97 Å². The summed E-state index contributed by atoms with van der Waals surface area (Å²) < 4.78 is 19.3. The molecule has 1 unspecified atom stereocenters. The van der Waals surface area contributed by atoms with Crippen LogP contribution in [0, 0.1) is 15.9 Å². The van der Waals surface area contributed by atoms with Gasteiger partial charge in [0.25, 0.3) is 5.69 Å². The fourth-order valence-corrected chi connectivity index (χ4v) is 2.21. The molecule has 0 saturated carbocycles. The zero-order chi connectivity index (χ0) is 15.4. The van der Waals surface area contributed by atoms with Crippen LogP contribution >= 0.6 is 0 Å². The Bertz CT molecular complexity index is 558. The summed E-state index contributed by atoms with van der Waals surface area (Å²) >= 11 is 0. The van der Waals surface area contributed by atoms with E-state index in [9.17, 15) is 19.3 Å². The van der Waals surface area contributed by atoms with E-state index in [0.717, 1.165) is 25.3 Å². The van der Waals surface area contributed by atoms with E-state index in [1.807, 2.05) is 0 Å².